The molecule has 1 aliphatic heterocycles. The number of para-hydroxylation sites is 1. The molecule has 0 bridgehead atoms. The Bertz CT molecular complexity index is 260. The van der Waals surface area contributed by atoms with E-state index < -0.39 is 0 Å². The molecule has 13 heavy (non-hydrogen) atoms. The number of benzene rings is 1. The average molecular weight is 177 g/mol. The Morgan fingerprint density at radius 1 is 1.31 bits per heavy atom. The van der Waals surface area contributed by atoms with Crippen LogP contribution in [0.1, 0.15) is 6.92 Å². The van der Waals surface area contributed by atoms with Gasteiger partial charge in [0.1, 0.15) is 0 Å². The molecule has 1 unspecified atom stereocenters. The molecule has 0 aromatic heterocycles. The van der Waals surface area contributed by atoms with E-state index in [2.05, 4.69) is 42.2 Å². The monoisotopic (exact) mass is 177 g/mol. The van der Waals surface area contributed by atoms with E-state index in [-0.39, 0.29) is 0 Å². The van der Waals surface area contributed by atoms with Crippen LogP contribution in [-0.4, -0.2) is 25.8 Å². The standard InChI is InChI=1S/C11H15NO/c1-10-9-13-8-7-12(10)11-5-3-2-4-6-11/h2-6,10H,7-9H2,1H3. The van der Waals surface area contributed by atoms with Gasteiger partial charge in [-0.15, -0.1) is 0 Å². The van der Waals surface area contributed by atoms with Crippen LogP contribution < -0.4 is 4.90 Å². The number of rotatable bonds is 1. The first kappa shape index (κ1) is 8.57. The van der Waals surface area contributed by atoms with Crippen molar-refractivity contribution in [1.29, 1.82) is 0 Å². The number of ether oxygens (including phenoxy) is 1. The number of hydrogen-bond donors (Lipinski definition) is 0. The van der Waals surface area contributed by atoms with Gasteiger partial charge in [0.2, 0.25) is 0 Å². The third-order valence-corrected chi connectivity index (χ3v) is 2.46. The lowest BCUT2D eigenvalue weighted by atomic mass is 10.2. The quantitative estimate of drug-likeness (QED) is 0.649. The Labute approximate surface area is 79.1 Å². The van der Waals surface area contributed by atoms with Gasteiger partial charge in [-0.3, -0.25) is 0 Å². The normalized spacial score (nSPS) is 23.2. The minimum atomic E-state index is 0.496. The molecule has 1 aromatic carbocycles. The number of anilines is 1. The van der Waals surface area contributed by atoms with Gasteiger partial charge in [0, 0.05) is 18.3 Å². The van der Waals surface area contributed by atoms with Crippen molar-refractivity contribution in [2.45, 2.75) is 13.0 Å². The van der Waals surface area contributed by atoms with Crippen LogP contribution in [0.4, 0.5) is 5.69 Å². The summed E-state index contributed by atoms with van der Waals surface area (Å²) in [5.74, 6) is 0. The van der Waals surface area contributed by atoms with Crippen molar-refractivity contribution in [3.63, 3.8) is 0 Å². The zero-order valence-electron chi connectivity index (χ0n) is 7.94. The van der Waals surface area contributed by atoms with Gasteiger partial charge in [0.25, 0.3) is 0 Å². The molecule has 1 saturated heterocycles. The molecule has 0 amide bonds. The lowest BCUT2D eigenvalue weighted by Gasteiger charge is -2.35. The molecule has 0 spiro atoms. The van der Waals surface area contributed by atoms with Gasteiger partial charge in [0.05, 0.1) is 13.2 Å². The highest BCUT2D eigenvalue weighted by atomic mass is 16.5. The highest BCUT2D eigenvalue weighted by molar-refractivity contribution is 5.47. The molecule has 0 N–H and O–H groups in total. The molecule has 1 atom stereocenters. The van der Waals surface area contributed by atoms with Crippen molar-refractivity contribution in [3.8, 4) is 0 Å². The zero-order valence-corrected chi connectivity index (χ0v) is 7.94. The van der Waals surface area contributed by atoms with Crippen molar-refractivity contribution in [3.05, 3.63) is 30.3 Å². The maximum Gasteiger partial charge on any atom is 0.0668 e. The van der Waals surface area contributed by atoms with Crippen LogP contribution in [0.3, 0.4) is 0 Å². The molecule has 1 aromatic rings. The fraction of sp³-hybridized carbons (Fsp3) is 0.455. The molecule has 1 aliphatic rings. The van der Waals surface area contributed by atoms with Gasteiger partial charge >= 0.3 is 0 Å². The third kappa shape index (κ3) is 1.83. The topological polar surface area (TPSA) is 12.5 Å². The zero-order chi connectivity index (χ0) is 9.10. The van der Waals surface area contributed by atoms with Crippen LogP contribution in [0.2, 0.25) is 0 Å². The highest BCUT2D eigenvalue weighted by Crippen LogP contribution is 2.18. The van der Waals surface area contributed by atoms with Crippen LogP contribution in [0.15, 0.2) is 30.3 Å². The van der Waals surface area contributed by atoms with Crippen LogP contribution >= 0.6 is 0 Å². The van der Waals surface area contributed by atoms with Gasteiger partial charge in [0.15, 0.2) is 0 Å². The van der Waals surface area contributed by atoms with Crippen LogP contribution in [0.25, 0.3) is 0 Å². The first-order valence-corrected chi connectivity index (χ1v) is 4.77. The Hall–Kier alpha value is -1.02. The summed E-state index contributed by atoms with van der Waals surface area (Å²) in [7, 11) is 0. The summed E-state index contributed by atoms with van der Waals surface area (Å²) in [6.07, 6.45) is 0. The second-order valence-corrected chi connectivity index (χ2v) is 3.45. The first-order chi connectivity index (χ1) is 6.38. The fourth-order valence-corrected chi connectivity index (χ4v) is 1.73. The molecule has 0 aliphatic carbocycles. The van der Waals surface area contributed by atoms with Crippen LogP contribution in [-0.2, 0) is 4.74 Å². The maximum atomic E-state index is 5.39. The maximum absolute atomic E-state index is 5.39. The molecule has 2 heteroatoms. The summed E-state index contributed by atoms with van der Waals surface area (Å²) in [5.41, 5.74) is 1.30. The Balaban J connectivity index is 2.15. The SMILES string of the molecule is CC1COCCN1c1ccccc1. The molecule has 1 fully saturated rings. The molecule has 2 nitrogen and oxygen atoms in total. The predicted molar refractivity (Wildman–Crippen MR) is 54.1 cm³/mol. The van der Waals surface area contributed by atoms with E-state index in [0.717, 1.165) is 19.8 Å². The lowest BCUT2D eigenvalue weighted by molar-refractivity contribution is 0.0989. The van der Waals surface area contributed by atoms with Crippen LogP contribution in [0, 0.1) is 0 Å². The van der Waals surface area contributed by atoms with Crippen molar-refractivity contribution in [2.24, 2.45) is 0 Å². The Kier molecular flexibility index (Phi) is 2.50. The number of hydrogen-bond acceptors (Lipinski definition) is 2. The van der Waals surface area contributed by atoms with E-state index >= 15 is 0 Å². The predicted octanol–water partition coefficient (Wildman–Crippen LogP) is 1.91. The second kappa shape index (κ2) is 3.79. The van der Waals surface area contributed by atoms with Crippen LogP contribution in [0.5, 0.6) is 0 Å². The van der Waals surface area contributed by atoms with Gasteiger partial charge in [-0.1, -0.05) is 18.2 Å². The Morgan fingerprint density at radius 2 is 2.08 bits per heavy atom. The van der Waals surface area contributed by atoms with Gasteiger partial charge in [-0.2, -0.15) is 0 Å². The van der Waals surface area contributed by atoms with E-state index in [9.17, 15) is 0 Å². The van der Waals surface area contributed by atoms with Crippen molar-refractivity contribution < 1.29 is 4.74 Å². The van der Waals surface area contributed by atoms with Gasteiger partial charge < -0.3 is 9.64 Å². The summed E-state index contributed by atoms with van der Waals surface area (Å²) >= 11 is 0. The van der Waals surface area contributed by atoms with Crippen molar-refractivity contribution >= 4 is 5.69 Å². The molecule has 2 rings (SSSR count). The lowest BCUT2D eigenvalue weighted by Crippen LogP contribution is -2.43. The molecule has 70 valence electrons. The highest BCUT2D eigenvalue weighted by Gasteiger charge is 2.18. The number of morpholine rings is 1. The van der Waals surface area contributed by atoms with E-state index in [1.54, 1.807) is 0 Å². The van der Waals surface area contributed by atoms with E-state index in [0.29, 0.717) is 6.04 Å². The summed E-state index contributed by atoms with van der Waals surface area (Å²) < 4.78 is 5.39. The second-order valence-electron chi connectivity index (χ2n) is 3.45. The van der Waals surface area contributed by atoms with E-state index in [4.69, 9.17) is 4.74 Å². The summed E-state index contributed by atoms with van der Waals surface area (Å²) in [6, 6.07) is 11.0. The molecular weight excluding hydrogens is 162 g/mol. The smallest absolute Gasteiger partial charge is 0.0668 e. The summed E-state index contributed by atoms with van der Waals surface area (Å²) in [5, 5.41) is 0. The van der Waals surface area contributed by atoms with Gasteiger partial charge in [-0.25, -0.2) is 0 Å². The molecule has 1 heterocycles. The summed E-state index contributed by atoms with van der Waals surface area (Å²) in [4.78, 5) is 2.39. The average Bonchev–Trinajstić information content (AvgIpc) is 2.20. The fourth-order valence-electron chi connectivity index (χ4n) is 1.73. The minimum Gasteiger partial charge on any atom is -0.377 e. The number of nitrogens with zero attached hydrogens (tertiary/aromatic N) is 1. The Morgan fingerprint density at radius 3 is 2.77 bits per heavy atom. The van der Waals surface area contributed by atoms with Gasteiger partial charge in [-0.05, 0) is 19.1 Å². The van der Waals surface area contributed by atoms with Crippen molar-refractivity contribution in [2.75, 3.05) is 24.7 Å². The molecule has 0 radical (unpaired) electrons. The molecular formula is C11H15NO. The van der Waals surface area contributed by atoms with Crippen molar-refractivity contribution in [1.82, 2.24) is 0 Å². The molecule has 0 saturated carbocycles. The summed E-state index contributed by atoms with van der Waals surface area (Å²) in [6.45, 7) is 4.89. The largest absolute Gasteiger partial charge is 0.377 e. The van der Waals surface area contributed by atoms with E-state index in [1.165, 1.54) is 5.69 Å². The van der Waals surface area contributed by atoms with E-state index in [1.807, 2.05) is 0 Å². The minimum absolute atomic E-state index is 0.496. The first-order valence-electron chi connectivity index (χ1n) is 4.77. The third-order valence-electron chi connectivity index (χ3n) is 2.46.